The molecule has 0 N–H and O–H groups in total. The number of hydrogen-bond donors (Lipinski definition) is 0. The Bertz CT molecular complexity index is 629. The van der Waals surface area contributed by atoms with E-state index in [2.05, 4.69) is 15.0 Å². The second kappa shape index (κ2) is 5.91. The van der Waals surface area contributed by atoms with E-state index in [0.717, 1.165) is 24.3 Å². The van der Waals surface area contributed by atoms with E-state index < -0.39 is 0 Å². The van der Waals surface area contributed by atoms with E-state index in [9.17, 15) is 4.39 Å². The normalized spacial score (nSPS) is 19.9. The van der Waals surface area contributed by atoms with Crippen LogP contribution in [-0.2, 0) is 11.2 Å². The molecule has 3 rings (SSSR count). The molecular formula is C15H18FN3O2. The van der Waals surface area contributed by atoms with Crippen LogP contribution in [0.1, 0.15) is 28.9 Å². The number of nitrogens with zero attached hydrogens (tertiary/aromatic N) is 3. The molecule has 1 fully saturated rings. The van der Waals surface area contributed by atoms with Crippen molar-refractivity contribution in [3.05, 3.63) is 46.9 Å². The molecule has 5 nitrogen and oxygen atoms in total. The lowest BCUT2D eigenvalue weighted by atomic mass is 10.1. The molecule has 112 valence electrons. The van der Waals surface area contributed by atoms with Gasteiger partial charge < -0.3 is 9.26 Å². The summed E-state index contributed by atoms with van der Waals surface area (Å²) in [4.78, 5) is 6.59. The van der Waals surface area contributed by atoms with Gasteiger partial charge in [0.2, 0.25) is 5.89 Å². The molecule has 1 unspecified atom stereocenters. The molecule has 0 aliphatic carbocycles. The van der Waals surface area contributed by atoms with Crippen molar-refractivity contribution in [2.24, 2.45) is 0 Å². The molecule has 1 aliphatic heterocycles. The number of halogens is 1. The SMILES string of the molecule is Cc1cc(F)ccc1Cc1noc(C2COCCN2C)n1. The molecule has 1 saturated heterocycles. The van der Waals surface area contributed by atoms with Gasteiger partial charge in [0.05, 0.1) is 13.2 Å². The highest BCUT2D eigenvalue weighted by molar-refractivity contribution is 5.28. The van der Waals surface area contributed by atoms with Crippen molar-refractivity contribution >= 4 is 0 Å². The maximum atomic E-state index is 13.1. The van der Waals surface area contributed by atoms with Crippen LogP contribution >= 0.6 is 0 Å². The Kier molecular flexibility index (Phi) is 3.98. The Hall–Kier alpha value is -1.79. The van der Waals surface area contributed by atoms with Gasteiger partial charge in [-0.3, -0.25) is 4.90 Å². The Balaban J connectivity index is 1.75. The van der Waals surface area contributed by atoms with Gasteiger partial charge in [-0.2, -0.15) is 4.98 Å². The molecule has 0 saturated carbocycles. The summed E-state index contributed by atoms with van der Waals surface area (Å²) in [6, 6.07) is 4.73. The van der Waals surface area contributed by atoms with E-state index >= 15 is 0 Å². The lowest BCUT2D eigenvalue weighted by molar-refractivity contribution is -0.00665. The number of likely N-dealkylation sites (N-methyl/N-ethyl adjacent to an activating group) is 1. The molecule has 1 aromatic heterocycles. The van der Waals surface area contributed by atoms with Crippen LogP contribution in [0.2, 0.25) is 0 Å². The molecule has 0 radical (unpaired) electrons. The van der Waals surface area contributed by atoms with Gasteiger partial charge in [0.1, 0.15) is 11.9 Å². The second-order valence-corrected chi connectivity index (χ2v) is 5.37. The standard InChI is InChI=1S/C15H18FN3O2/c1-10-7-12(16)4-3-11(10)8-14-17-15(21-18-14)13-9-20-6-5-19(13)2/h3-4,7,13H,5-6,8-9H2,1-2H3. The summed E-state index contributed by atoms with van der Waals surface area (Å²) in [5.74, 6) is 0.955. The topological polar surface area (TPSA) is 51.4 Å². The van der Waals surface area contributed by atoms with Crippen LogP contribution in [0.4, 0.5) is 4.39 Å². The zero-order chi connectivity index (χ0) is 14.8. The van der Waals surface area contributed by atoms with E-state index in [1.54, 1.807) is 6.07 Å². The molecule has 21 heavy (non-hydrogen) atoms. The first-order valence-electron chi connectivity index (χ1n) is 6.99. The lowest BCUT2D eigenvalue weighted by Gasteiger charge is -2.29. The summed E-state index contributed by atoms with van der Waals surface area (Å²) in [6.07, 6.45) is 0.535. The van der Waals surface area contributed by atoms with Crippen molar-refractivity contribution < 1.29 is 13.7 Å². The highest BCUT2D eigenvalue weighted by Crippen LogP contribution is 2.22. The van der Waals surface area contributed by atoms with Gasteiger partial charge >= 0.3 is 0 Å². The Morgan fingerprint density at radius 1 is 1.43 bits per heavy atom. The predicted molar refractivity (Wildman–Crippen MR) is 74.4 cm³/mol. The predicted octanol–water partition coefficient (Wildman–Crippen LogP) is 2.11. The van der Waals surface area contributed by atoms with Crippen LogP contribution in [0, 0.1) is 12.7 Å². The molecule has 2 aromatic rings. The zero-order valence-corrected chi connectivity index (χ0v) is 12.2. The summed E-state index contributed by atoms with van der Waals surface area (Å²) in [7, 11) is 2.02. The molecule has 0 bridgehead atoms. The van der Waals surface area contributed by atoms with E-state index in [4.69, 9.17) is 9.26 Å². The van der Waals surface area contributed by atoms with Crippen molar-refractivity contribution in [3.63, 3.8) is 0 Å². The lowest BCUT2D eigenvalue weighted by Crippen LogP contribution is -2.36. The van der Waals surface area contributed by atoms with Crippen molar-refractivity contribution in [2.75, 3.05) is 26.8 Å². The molecule has 1 atom stereocenters. The average Bonchev–Trinajstić information content (AvgIpc) is 2.91. The Morgan fingerprint density at radius 2 is 2.29 bits per heavy atom. The fraction of sp³-hybridized carbons (Fsp3) is 0.467. The number of rotatable bonds is 3. The molecule has 1 aliphatic rings. The van der Waals surface area contributed by atoms with Gasteiger partial charge in [0, 0.05) is 13.0 Å². The van der Waals surface area contributed by atoms with Crippen molar-refractivity contribution in [1.29, 1.82) is 0 Å². The minimum absolute atomic E-state index is 0.00862. The smallest absolute Gasteiger partial charge is 0.246 e. The summed E-state index contributed by atoms with van der Waals surface area (Å²) >= 11 is 0. The van der Waals surface area contributed by atoms with Gasteiger partial charge in [-0.1, -0.05) is 11.2 Å². The van der Waals surface area contributed by atoms with Gasteiger partial charge in [0.15, 0.2) is 5.82 Å². The van der Waals surface area contributed by atoms with E-state index in [1.807, 2.05) is 14.0 Å². The van der Waals surface area contributed by atoms with Crippen LogP contribution < -0.4 is 0 Å². The fourth-order valence-corrected chi connectivity index (χ4v) is 2.45. The highest BCUT2D eigenvalue weighted by atomic mass is 19.1. The summed E-state index contributed by atoms with van der Waals surface area (Å²) < 4.78 is 23.9. The number of aryl methyl sites for hydroxylation is 1. The highest BCUT2D eigenvalue weighted by Gasteiger charge is 2.26. The average molecular weight is 291 g/mol. The molecular weight excluding hydrogens is 273 g/mol. The molecule has 6 heteroatoms. The number of aromatic nitrogens is 2. The third-order valence-electron chi connectivity index (χ3n) is 3.82. The van der Waals surface area contributed by atoms with Crippen LogP contribution in [0.3, 0.4) is 0 Å². The molecule has 1 aromatic carbocycles. The van der Waals surface area contributed by atoms with E-state index in [1.165, 1.54) is 12.1 Å². The second-order valence-electron chi connectivity index (χ2n) is 5.37. The minimum Gasteiger partial charge on any atom is -0.378 e. The third-order valence-corrected chi connectivity index (χ3v) is 3.82. The maximum Gasteiger partial charge on any atom is 0.246 e. The quantitative estimate of drug-likeness (QED) is 0.867. The van der Waals surface area contributed by atoms with Crippen LogP contribution in [0.15, 0.2) is 22.7 Å². The van der Waals surface area contributed by atoms with E-state index in [0.29, 0.717) is 24.7 Å². The first-order chi connectivity index (χ1) is 10.1. The third kappa shape index (κ3) is 3.11. The monoisotopic (exact) mass is 291 g/mol. The summed E-state index contributed by atoms with van der Waals surface area (Å²) in [5, 5.41) is 4.02. The van der Waals surface area contributed by atoms with Gasteiger partial charge in [-0.15, -0.1) is 0 Å². The molecule has 0 amide bonds. The minimum atomic E-state index is -0.231. The zero-order valence-electron chi connectivity index (χ0n) is 12.2. The van der Waals surface area contributed by atoms with Crippen LogP contribution in [0.5, 0.6) is 0 Å². The molecule has 2 heterocycles. The number of benzene rings is 1. The first kappa shape index (κ1) is 14.2. The van der Waals surface area contributed by atoms with Crippen molar-refractivity contribution in [1.82, 2.24) is 15.0 Å². The van der Waals surface area contributed by atoms with Crippen molar-refractivity contribution in [3.8, 4) is 0 Å². The fourth-order valence-electron chi connectivity index (χ4n) is 2.45. The van der Waals surface area contributed by atoms with Gasteiger partial charge in [-0.25, -0.2) is 4.39 Å². The first-order valence-corrected chi connectivity index (χ1v) is 6.99. The van der Waals surface area contributed by atoms with Gasteiger partial charge in [-0.05, 0) is 37.2 Å². The Morgan fingerprint density at radius 3 is 3.05 bits per heavy atom. The Labute approximate surface area is 122 Å². The van der Waals surface area contributed by atoms with Crippen LogP contribution in [-0.4, -0.2) is 41.8 Å². The number of morpholine rings is 1. The summed E-state index contributed by atoms with van der Waals surface area (Å²) in [5.41, 5.74) is 1.89. The number of ether oxygens (including phenoxy) is 1. The van der Waals surface area contributed by atoms with E-state index in [-0.39, 0.29) is 11.9 Å². The number of hydrogen-bond acceptors (Lipinski definition) is 5. The van der Waals surface area contributed by atoms with Crippen molar-refractivity contribution in [2.45, 2.75) is 19.4 Å². The maximum absolute atomic E-state index is 13.1. The molecule has 0 spiro atoms. The van der Waals surface area contributed by atoms with Crippen LogP contribution in [0.25, 0.3) is 0 Å². The summed E-state index contributed by atoms with van der Waals surface area (Å²) in [6.45, 7) is 4.01. The largest absolute Gasteiger partial charge is 0.378 e. The van der Waals surface area contributed by atoms with Gasteiger partial charge in [0.25, 0.3) is 0 Å².